The van der Waals surface area contributed by atoms with Crippen LogP contribution in [-0.2, 0) is 0 Å². The van der Waals surface area contributed by atoms with Gasteiger partial charge in [0.25, 0.3) is 0 Å². The maximum Gasteiger partial charge on any atom is 0.0642 e. The Morgan fingerprint density at radius 3 is 2.14 bits per heavy atom. The zero-order valence-corrected chi connectivity index (χ0v) is 9.96. The van der Waals surface area contributed by atoms with Gasteiger partial charge in [-0.15, -0.1) is 0 Å². The van der Waals surface area contributed by atoms with Gasteiger partial charge in [0.1, 0.15) is 0 Å². The number of hydrogen-bond acceptors (Lipinski definition) is 3. The fourth-order valence-electron chi connectivity index (χ4n) is 1.84. The molecule has 0 unspecified atom stereocenters. The van der Waals surface area contributed by atoms with Crippen LogP contribution < -0.4 is 0 Å². The average molecular weight is 195 g/mol. The summed E-state index contributed by atoms with van der Waals surface area (Å²) in [5.41, 5.74) is 0.330. The van der Waals surface area contributed by atoms with Crippen LogP contribution in [0.15, 0.2) is 0 Å². The number of likely N-dealkylation sites (tertiary alicyclic amines) is 1. The molecule has 0 aromatic heterocycles. The Balaban J connectivity index is 2.61. The number of nitriles is 1. The lowest BCUT2D eigenvalue weighted by molar-refractivity contribution is -0.0733. The molecule has 0 N–H and O–H groups in total. The summed E-state index contributed by atoms with van der Waals surface area (Å²) in [6.45, 7) is 8.69. The summed E-state index contributed by atoms with van der Waals surface area (Å²) in [5.74, 6) is 0. The lowest BCUT2D eigenvalue weighted by Crippen LogP contribution is -2.72. The zero-order valence-electron chi connectivity index (χ0n) is 9.96. The fraction of sp³-hybridized carbons (Fsp3) is 0.909. The quantitative estimate of drug-likeness (QED) is 0.665. The zero-order chi connectivity index (χ0) is 11.0. The van der Waals surface area contributed by atoms with Crippen molar-refractivity contribution >= 4 is 0 Å². The molecule has 0 aliphatic carbocycles. The van der Waals surface area contributed by atoms with Crippen LogP contribution in [0.25, 0.3) is 0 Å². The van der Waals surface area contributed by atoms with Crippen molar-refractivity contribution in [1.29, 1.82) is 5.26 Å². The van der Waals surface area contributed by atoms with Crippen molar-refractivity contribution in [2.75, 3.05) is 27.2 Å². The summed E-state index contributed by atoms with van der Waals surface area (Å²) >= 11 is 0. The first kappa shape index (κ1) is 11.5. The van der Waals surface area contributed by atoms with Gasteiger partial charge >= 0.3 is 0 Å². The third-order valence-corrected chi connectivity index (χ3v) is 3.28. The first-order valence-corrected chi connectivity index (χ1v) is 5.11. The second-order valence-electron chi connectivity index (χ2n) is 5.48. The maximum atomic E-state index is 8.81. The van der Waals surface area contributed by atoms with E-state index in [0.717, 1.165) is 13.1 Å². The van der Waals surface area contributed by atoms with E-state index >= 15 is 0 Å². The minimum absolute atomic E-state index is 0.0992. The van der Waals surface area contributed by atoms with E-state index in [2.05, 4.69) is 50.7 Å². The summed E-state index contributed by atoms with van der Waals surface area (Å²) in [5, 5.41) is 8.81. The van der Waals surface area contributed by atoms with E-state index in [0.29, 0.717) is 6.42 Å². The highest BCUT2D eigenvalue weighted by atomic mass is 15.4. The van der Waals surface area contributed by atoms with Gasteiger partial charge in [-0.1, -0.05) is 0 Å². The number of hydrogen-bond donors (Lipinski definition) is 0. The molecular weight excluding hydrogens is 174 g/mol. The van der Waals surface area contributed by atoms with Gasteiger partial charge in [0.2, 0.25) is 0 Å². The van der Waals surface area contributed by atoms with Crippen molar-refractivity contribution in [2.45, 2.75) is 38.3 Å². The van der Waals surface area contributed by atoms with E-state index < -0.39 is 0 Å². The molecule has 0 aromatic rings. The topological polar surface area (TPSA) is 30.3 Å². The Morgan fingerprint density at radius 2 is 1.86 bits per heavy atom. The third kappa shape index (κ3) is 1.92. The molecule has 1 aliphatic heterocycles. The Morgan fingerprint density at radius 1 is 1.36 bits per heavy atom. The van der Waals surface area contributed by atoms with Crippen molar-refractivity contribution in [2.24, 2.45) is 0 Å². The Labute approximate surface area is 87.3 Å². The second-order valence-corrected chi connectivity index (χ2v) is 5.48. The molecule has 0 radical (unpaired) electrons. The normalized spacial score (nSPS) is 21.8. The van der Waals surface area contributed by atoms with Crippen LogP contribution in [0.1, 0.15) is 27.2 Å². The van der Waals surface area contributed by atoms with Crippen LogP contribution in [-0.4, -0.2) is 48.1 Å². The molecule has 0 aromatic carbocycles. The van der Waals surface area contributed by atoms with Crippen LogP contribution in [0.3, 0.4) is 0 Å². The molecule has 14 heavy (non-hydrogen) atoms. The van der Waals surface area contributed by atoms with Gasteiger partial charge in [0, 0.05) is 18.6 Å². The number of rotatable bonds is 2. The van der Waals surface area contributed by atoms with E-state index in [9.17, 15) is 0 Å². The molecule has 0 spiro atoms. The molecule has 0 atom stereocenters. The maximum absolute atomic E-state index is 8.81. The highest BCUT2D eigenvalue weighted by Gasteiger charge is 2.48. The molecule has 0 amide bonds. The first-order valence-electron chi connectivity index (χ1n) is 5.11. The van der Waals surface area contributed by atoms with Gasteiger partial charge in [-0.2, -0.15) is 5.26 Å². The third-order valence-electron chi connectivity index (χ3n) is 3.28. The van der Waals surface area contributed by atoms with E-state index in [1.54, 1.807) is 0 Å². The molecule has 1 heterocycles. The van der Waals surface area contributed by atoms with Gasteiger partial charge in [-0.3, -0.25) is 4.90 Å². The largest absolute Gasteiger partial charge is 0.300 e. The fourth-order valence-corrected chi connectivity index (χ4v) is 1.84. The van der Waals surface area contributed by atoms with Gasteiger partial charge in [0.05, 0.1) is 18.0 Å². The van der Waals surface area contributed by atoms with Crippen LogP contribution in [0, 0.1) is 11.3 Å². The minimum Gasteiger partial charge on any atom is -0.300 e. The standard InChI is InChI=1S/C11H21N3/c1-10(2,3)14-8-11(9-14,6-7-12)13(4)5/h6,8-9H2,1-5H3. The summed E-state index contributed by atoms with van der Waals surface area (Å²) in [4.78, 5) is 4.61. The molecule has 0 saturated carbocycles. The molecule has 0 bridgehead atoms. The van der Waals surface area contributed by atoms with E-state index in [4.69, 9.17) is 5.26 Å². The highest BCUT2D eigenvalue weighted by molar-refractivity contribution is 5.09. The monoisotopic (exact) mass is 195 g/mol. The minimum atomic E-state index is 0.0992. The molecule has 3 heteroatoms. The SMILES string of the molecule is CN(C)C1(CC#N)CN(C(C)(C)C)C1. The summed E-state index contributed by atoms with van der Waals surface area (Å²) < 4.78 is 0. The lowest BCUT2D eigenvalue weighted by Gasteiger charge is -2.57. The van der Waals surface area contributed by atoms with E-state index in [-0.39, 0.29) is 11.1 Å². The summed E-state index contributed by atoms with van der Waals surface area (Å²) in [6.07, 6.45) is 0.632. The van der Waals surface area contributed by atoms with Crippen LogP contribution in [0.2, 0.25) is 0 Å². The average Bonchev–Trinajstić information content (AvgIpc) is 1.92. The Bertz CT molecular complexity index is 238. The number of likely N-dealkylation sites (N-methyl/N-ethyl adjacent to an activating group) is 1. The molecule has 80 valence electrons. The predicted octanol–water partition coefficient (Wildman–Crippen LogP) is 1.31. The van der Waals surface area contributed by atoms with Gasteiger partial charge in [0.15, 0.2) is 0 Å². The van der Waals surface area contributed by atoms with Crippen LogP contribution in [0.5, 0.6) is 0 Å². The van der Waals surface area contributed by atoms with Crippen molar-refractivity contribution < 1.29 is 0 Å². The molecule has 1 saturated heterocycles. The van der Waals surface area contributed by atoms with Crippen molar-refractivity contribution in [3.8, 4) is 6.07 Å². The number of nitrogens with zero attached hydrogens (tertiary/aromatic N) is 3. The van der Waals surface area contributed by atoms with E-state index in [1.165, 1.54) is 0 Å². The molecule has 3 nitrogen and oxygen atoms in total. The summed E-state index contributed by atoms with van der Waals surface area (Å²) in [7, 11) is 4.13. The molecular formula is C11H21N3. The van der Waals surface area contributed by atoms with Crippen molar-refractivity contribution in [3.63, 3.8) is 0 Å². The summed E-state index contributed by atoms with van der Waals surface area (Å²) in [6, 6.07) is 2.30. The Kier molecular flexibility index (Phi) is 2.89. The predicted molar refractivity (Wildman–Crippen MR) is 58.0 cm³/mol. The van der Waals surface area contributed by atoms with Gasteiger partial charge < -0.3 is 4.90 Å². The second kappa shape index (κ2) is 3.52. The van der Waals surface area contributed by atoms with E-state index in [1.807, 2.05) is 0 Å². The smallest absolute Gasteiger partial charge is 0.0642 e. The van der Waals surface area contributed by atoms with Crippen LogP contribution >= 0.6 is 0 Å². The molecule has 1 aliphatic rings. The van der Waals surface area contributed by atoms with Gasteiger partial charge in [-0.05, 0) is 34.9 Å². The highest BCUT2D eigenvalue weighted by Crippen LogP contribution is 2.34. The van der Waals surface area contributed by atoms with Crippen molar-refractivity contribution in [1.82, 2.24) is 9.80 Å². The first-order chi connectivity index (χ1) is 6.32. The van der Waals surface area contributed by atoms with Crippen molar-refractivity contribution in [3.05, 3.63) is 0 Å². The van der Waals surface area contributed by atoms with Gasteiger partial charge in [-0.25, -0.2) is 0 Å². The van der Waals surface area contributed by atoms with Crippen LogP contribution in [0.4, 0.5) is 0 Å². The Hall–Kier alpha value is -0.590. The molecule has 1 rings (SSSR count). The molecule has 1 fully saturated rings. The lowest BCUT2D eigenvalue weighted by atomic mass is 9.82.